The fourth-order valence-corrected chi connectivity index (χ4v) is 2.66. The number of nitrogens with zero attached hydrogens (tertiary/aromatic N) is 3. The van der Waals surface area contributed by atoms with Gasteiger partial charge in [0.15, 0.2) is 0 Å². The highest BCUT2D eigenvalue weighted by molar-refractivity contribution is 7.16. The minimum absolute atomic E-state index is 0.266. The maximum atomic E-state index is 8.77. The lowest BCUT2D eigenvalue weighted by molar-refractivity contribution is 1.11. The van der Waals surface area contributed by atoms with Crippen molar-refractivity contribution in [2.45, 2.75) is 6.54 Å². The minimum Gasteiger partial charge on any atom is -0.368 e. The number of nitrogen functional groups attached to an aromatic ring is 1. The predicted octanol–water partition coefficient (Wildman–Crippen LogP) is 2.76. The Hall–Kier alpha value is -2.65. The molecule has 3 aromatic rings. The van der Waals surface area contributed by atoms with Gasteiger partial charge in [-0.3, -0.25) is 0 Å². The van der Waals surface area contributed by atoms with E-state index in [2.05, 4.69) is 21.4 Å². The van der Waals surface area contributed by atoms with Gasteiger partial charge in [-0.2, -0.15) is 10.2 Å². The summed E-state index contributed by atoms with van der Waals surface area (Å²) in [4.78, 5) is 9.29. The third kappa shape index (κ3) is 2.39. The van der Waals surface area contributed by atoms with Crippen molar-refractivity contribution in [2.24, 2.45) is 0 Å². The van der Waals surface area contributed by atoms with Gasteiger partial charge in [0.1, 0.15) is 10.6 Å². The summed E-state index contributed by atoms with van der Waals surface area (Å²) in [6.07, 6.45) is 0. The van der Waals surface area contributed by atoms with Crippen LogP contribution >= 0.6 is 11.3 Å². The number of rotatable bonds is 3. The second-order valence-corrected chi connectivity index (χ2v) is 5.13. The molecule has 98 valence electrons. The topological polar surface area (TPSA) is 87.6 Å². The van der Waals surface area contributed by atoms with E-state index in [9.17, 15) is 0 Å². The molecule has 0 amide bonds. The standard InChI is InChI=1S/C14H11N5S/c15-7-9-1-3-10(4-2-9)8-17-12-11-5-6-20-13(11)19-14(16)18-12/h1-6H,8H2,(H3,16,17,18,19). The molecule has 0 aliphatic rings. The van der Waals surface area contributed by atoms with Crippen molar-refractivity contribution in [3.63, 3.8) is 0 Å². The van der Waals surface area contributed by atoms with Gasteiger partial charge < -0.3 is 11.1 Å². The van der Waals surface area contributed by atoms with E-state index in [0.717, 1.165) is 21.6 Å². The number of nitrogens with one attached hydrogen (secondary N) is 1. The van der Waals surface area contributed by atoms with Crippen LogP contribution < -0.4 is 11.1 Å². The number of nitrogens with two attached hydrogens (primary N) is 1. The zero-order valence-electron chi connectivity index (χ0n) is 10.5. The monoisotopic (exact) mass is 281 g/mol. The number of thiophene rings is 1. The molecule has 0 radical (unpaired) electrons. The highest BCUT2D eigenvalue weighted by Crippen LogP contribution is 2.25. The smallest absolute Gasteiger partial charge is 0.223 e. The van der Waals surface area contributed by atoms with E-state index in [1.54, 1.807) is 12.1 Å². The molecule has 0 atom stereocenters. The van der Waals surface area contributed by atoms with Crippen molar-refractivity contribution in [1.29, 1.82) is 5.26 Å². The Labute approximate surface area is 119 Å². The normalized spacial score (nSPS) is 10.3. The van der Waals surface area contributed by atoms with Gasteiger partial charge in [0.25, 0.3) is 0 Å². The van der Waals surface area contributed by atoms with Crippen LogP contribution in [0.2, 0.25) is 0 Å². The van der Waals surface area contributed by atoms with E-state index in [-0.39, 0.29) is 5.95 Å². The first kappa shape index (κ1) is 12.4. The van der Waals surface area contributed by atoms with E-state index in [4.69, 9.17) is 11.0 Å². The Morgan fingerprint density at radius 3 is 2.75 bits per heavy atom. The summed E-state index contributed by atoms with van der Waals surface area (Å²) in [7, 11) is 0. The van der Waals surface area contributed by atoms with E-state index in [1.807, 2.05) is 23.6 Å². The molecule has 2 aromatic heterocycles. The van der Waals surface area contributed by atoms with Gasteiger partial charge in [-0.15, -0.1) is 11.3 Å². The second-order valence-electron chi connectivity index (χ2n) is 4.23. The maximum absolute atomic E-state index is 8.77. The third-order valence-corrected chi connectivity index (χ3v) is 3.69. The van der Waals surface area contributed by atoms with E-state index >= 15 is 0 Å². The summed E-state index contributed by atoms with van der Waals surface area (Å²) in [5, 5.41) is 15.0. The first-order chi connectivity index (χ1) is 9.76. The highest BCUT2D eigenvalue weighted by atomic mass is 32.1. The molecule has 20 heavy (non-hydrogen) atoms. The predicted molar refractivity (Wildman–Crippen MR) is 80.3 cm³/mol. The maximum Gasteiger partial charge on any atom is 0.223 e. The fraction of sp³-hybridized carbons (Fsp3) is 0.0714. The zero-order valence-corrected chi connectivity index (χ0v) is 11.3. The summed E-state index contributed by atoms with van der Waals surface area (Å²) in [6.45, 7) is 0.618. The number of fused-ring (bicyclic) bond motifs is 1. The molecule has 3 rings (SSSR count). The number of aromatic nitrogens is 2. The van der Waals surface area contributed by atoms with Gasteiger partial charge in [-0.1, -0.05) is 12.1 Å². The van der Waals surface area contributed by atoms with Crippen LogP contribution in [-0.2, 0) is 6.54 Å². The third-order valence-electron chi connectivity index (χ3n) is 2.89. The second kappa shape index (κ2) is 5.15. The van der Waals surface area contributed by atoms with E-state index in [1.165, 1.54) is 11.3 Å². The van der Waals surface area contributed by atoms with Gasteiger partial charge >= 0.3 is 0 Å². The summed E-state index contributed by atoms with van der Waals surface area (Å²) >= 11 is 1.54. The average molecular weight is 281 g/mol. The van der Waals surface area contributed by atoms with Gasteiger partial charge in [-0.05, 0) is 29.1 Å². The summed E-state index contributed by atoms with van der Waals surface area (Å²) in [5.41, 5.74) is 7.43. The summed E-state index contributed by atoms with van der Waals surface area (Å²) in [5.74, 6) is 1.00. The van der Waals surface area contributed by atoms with Crippen molar-refractivity contribution < 1.29 is 0 Å². The van der Waals surface area contributed by atoms with Crippen molar-refractivity contribution in [3.8, 4) is 6.07 Å². The molecule has 0 fully saturated rings. The van der Waals surface area contributed by atoms with Crippen LogP contribution in [0.25, 0.3) is 10.2 Å². The summed E-state index contributed by atoms with van der Waals surface area (Å²) in [6, 6.07) is 11.5. The van der Waals surface area contributed by atoms with Gasteiger partial charge in [-0.25, -0.2) is 4.98 Å². The Kier molecular flexibility index (Phi) is 3.19. The molecule has 0 aliphatic carbocycles. The van der Waals surface area contributed by atoms with Gasteiger partial charge in [0.2, 0.25) is 5.95 Å². The minimum atomic E-state index is 0.266. The Balaban J connectivity index is 1.82. The van der Waals surface area contributed by atoms with Crippen molar-refractivity contribution in [2.75, 3.05) is 11.1 Å². The molecule has 0 saturated heterocycles. The lowest BCUT2D eigenvalue weighted by Crippen LogP contribution is -2.04. The lowest BCUT2D eigenvalue weighted by Gasteiger charge is -2.07. The quantitative estimate of drug-likeness (QED) is 0.770. The van der Waals surface area contributed by atoms with Crippen LogP contribution in [0.1, 0.15) is 11.1 Å². The van der Waals surface area contributed by atoms with E-state index < -0.39 is 0 Å². The van der Waals surface area contributed by atoms with Gasteiger partial charge in [0.05, 0.1) is 17.0 Å². The summed E-state index contributed by atoms with van der Waals surface area (Å²) < 4.78 is 0. The van der Waals surface area contributed by atoms with Gasteiger partial charge in [0, 0.05) is 6.54 Å². The molecular formula is C14H11N5S. The number of anilines is 2. The Morgan fingerprint density at radius 1 is 1.20 bits per heavy atom. The zero-order chi connectivity index (χ0) is 13.9. The molecular weight excluding hydrogens is 270 g/mol. The van der Waals surface area contributed by atoms with Crippen LogP contribution in [0.4, 0.5) is 11.8 Å². The molecule has 5 nitrogen and oxygen atoms in total. The molecule has 0 saturated carbocycles. The molecule has 3 N–H and O–H groups in total. The van der Waals surface area contributed by atoms with Crippen molar-refractivity contribution in [3.05, 3.63) is 46.8 Å². The average Bonchev–Trinajstić information content (AvgIpc) is 2.93. The molecule has 6 heteroatoms. The number of nitriles is 1. The molecule has 0 aliphatic heterocycles. The van der Waals surface area contributed by atoms with Crippen molar-refractivity contribution in [1.82, 2.24) is 9.97 Å². The van der Waals surface area contributed by atoms with E-state index in [0.29, 0.717) is 12.1 Å². The van der Waals surface area contributed by atoms with Crippen molar-refractivity contribution >= 4 is 33.3 Å². The van der Waals surface area contributed by atoms with Crippen LogP contribution in [0.3, 0.4) is 0 Å². The number of benzene rings is 1. The van der Waals surface area contributed by atoms with Crippen LogP contribution in [0.5, 0.6) is 0 Å². The lowest BCUT2D eigenvalue weighted by atomic mass is 10.1. The largest absolute Gasteiger partial charge is 0.368 e. The first-order valence-electron chi connectivity index (χ1n) is 6.00. The first-order valence-corrected chi connectivity index (χ1v) is 6.88. The van der Waals surface area contributed by atoms with Crippen LogP contribution in [-0.4, -0.2) is 9.97 Å². The molecule has 0 bridgehead atoms. The highest BCUT2D eigenvalue weighted by Gasteiger charge is 2.06. The Morgan fingerprint density at radius 2 is 2.00 bits per heavy atom. The van der Waals surface area contributed by atoms with Crippen LogP contribution in [0, 0.1) is 11.3 Å². The van der Waals surface area contributed by atoms with Crippen LogP contribution in [0.15, 0.2) is 35.7 Å². The fourth-order valence-electron chi connectivity index (χ4n) is 1.89. The molecule has 0 spiro atoms. The molecule has 0 unspecified atom stereocenters. The number of hydrogen-bond acceptors (Lipinski definition) is 6. The molecule has 2 heterocycles. The number of hydrogen-bond donors (Lipinski definition) is 2. The molecule has 1 aromatic carbocycles. The SMILES string of the molecule is N#Cc1ccc(CNc2nc(N)nc3sccc23)cc1. The Bertz CT molecular complexity index is 785.